The van der Waals surface area contributed by atoms with Crippen LogP contribution in [0.15, 0.2) is 36.4 Å². The maximum atomic E-state index is 15.0. The molecule has 2 aliphatic rings. The van der Waals surface area contributed by atoms with Crippen LogP contribution in [0.3, 0.4) is 0 Å². The van der Waals surface area contributed by atoms with E-state index in [2.05, 4.69) is 11.7 Å². The van der Waals surface area contributed by atoms with Gasteiger partial charge in [0.2, 0.25) is 0 Å². The molecule has 4 atom stereocenters. The predicted molar refractivity (Wildman–Crippen MR) is 119 cm³/mol. The van der Waals surface area contributed by atoms with Crippen molar-refractivity contribution in [3.63, 3.8) is 0 Å². The molecular formula is C27H32F4O. The van der Waals surface area contributed by atoms with Crippen LogP contribution in [-0.4, -0.2) is 6.61 Å². The van der Waals surface area contributed by atoms with E-state index in [1.807, 2.05) is 0 Å². The van der Waals surface area contributed by atoms with Crippen LogP contribution in [0.4, 0.5) is 17.6 Å². The van der Waals surface area contributed by atoms with Crippen molar-refractivity contribution >= 4 is 0 Å². The molecule has 2 aliphatic carbocycles. The van der Waals surface area contributed by atoms with Crippen LogP contribution in [0.25, 0.3) is 11.1 Å². The van der Waals surface area contributed by atoms with Gasteiger partial charge in [-0.15, -0.1) is 0 Å². The zero-order valence-electron chi connectivity index (χ0n) is 18.6. The van der Waals surface area contributed by atoms with Gasteiger partial charge in [-0.3, -0.25) is 0 Å². The topological polar surface area (TPSA) is 9.23 Å². The quantitative estimate of drug-likeness (QED) is 0.385. The molecular weight excluding hydrogens is 416 g/mol. The molecule has 2 aromatic carbocycles. The zero-order chi connectivity index (χ0) is 22.7. The number of halogens is 4. The number of fused-ring (bicyclic) bond motifs is 1. The van der Waals surface area contributed by atoms with E-state index in [0.29, 0.717) is 11.5 Å². The van der Waals surface area contributed by atoms with E-state index in [1.54, 1.807) is 0 Å². The molecule has 0 aromatic heterocycles. The van der Waals surface area contributed by atoms with E-state index in [-0.39, 0.29) is 17.2 Å². The molecule has 1 nitrogen and oxygen atoms in total. The Kier molecular flexibility index (Phi) is 7.42. The molecule has 4 unspecified atom stereocenters. The fourth-order valence-corrected chi connectivity index (χ4v) is 5.95. The summed E-state index contributed by atoms with van der Waals surface area (Å²) in [6.45, 7) is -0.688. The fourth-order valence-electron chi connectivity index (χ4n) is 5.95. The molecule has 0 radical (unpaired) electrons. The van der Waals surface area contributed by atoms with Crippen LogP contribution in [-0.2, 0) is 0 Å². The number of alkyl halides is 2. The first-order chi connectivity index (χ1) is 15.4. The molecule has 0 saturated heterocycles. The zero-order valence-corrected chi connectivity index (χ0v) is 18.6. The van der Waals surface area contributed by atoms with E-state index in [0.717, 1.165) is 36.7 Å². The summed E-state index contributed by atoms with van der Waals surface area (Å²) < 4.78 is 58.9. The van der Waals surface area contributed by atoms with Crippen LogP contribution in [0.2, 0.25) is 0 Å². The Bertz CT molecular complexity index is 872. The minimum Gasteiger partial charge on any atom is -0.435 e. The summed E-state index contributed by atoms with van der Waals surface area (Å²) in [5.41, 5.74) is 0.928. The SMILES string of the molecule is CCCCC1CCC2CC(c3cc(F)c(-c4ccc(OC(F)F)cc4)c(F)c3)CCC2C1. The van der Waals surface area contributed by atoms with Crippen molar-refractivity contribution in [1.29, 1.82) is 0 Å². The maximum absolute atomic E-state index is 15.0. The van der Waals surface area contributed by atoms with Gasteiger partial charge in [0.1, 0.15) is 17.4 Å². The van der Waals surface area contributed by atoms with Gasteiger partial charge >= 0.3 is 6.61 Å². The van der Waals surface area contributed by atoms with Gasteiger partial charge in [-0.05, 0) is 91.2 Å². The smallest absolute Gasteiger partial charge is 0.387 e. The summed E-state index contributed by atoms with van der Waals surface area (Å²) in [5.74, 6) is 1.25. The standard InChI is InChI=1S/C27H32F4O/c1-2-3-4-17-5-6-20-14-21(8-7-19(20)13-17)22-15-24(28)26(25(29)16-22)18-9-11-23(12-10-18)32-27(30)31/h9-12,15-17,19-21,27H,2-8,13-14H2,1H3. The summed E-state index contributed by atoms with van der Waals surface area (Å²) in [6, 6.07) is 8.35. The van der Waals surface area contributed by atoms with Gasteiger partial charge in [-0.25, -0.2) is 8.78 Å². The molecule has 0 amide bonds. The molecule has 0 heterocycles. The lowest BCUT2D eigenvalue weighted by Crippen LogP contribution is -2.30. The lowest BCUT2D eigenvalue weighted by atomic mass is 9.63. The normalized spacial score (nSPS) is 25.6. The van der Waals surface area contributed by atoms with Gasteiger partial charge in [0.05, 0.1) is 5.56 Å². The van der Waals surface area contributed by atoms with E-state index in [9.17, 15) is 17.6 Å². The van der Waals surface area contributed by atoms with Crippen molar-refractivity contribution < 1.29 is 22.3 Å². The first-order valence-electron chi connectivity index (χ1n) is 12.0. The lowest BCUT2D eigenvalue weighted by Gasteiger charge is -2.42. The Labute approximate surface area is 188 Å². The second kappa shape index (κ2) is 10.3. The van der Waals surface area contributed by atoms with Crippen molar-refractivity contribution in [3.05, 3.63) is 53.6 Å². The number of rotatable bonds is 7. The molecule has 5 heteroatoms. The van der Waals surface area contributed by atoms with Gasteiger partial charge in [0.25, 0.3) is 0 Å². The number of hydrogen-bond acceptors (Lipinski definition) is 1. The molecule has 0 aliphatic heterocycles. The molecule has 0 bridgehead atoms. The predicted octanol–water partition coefficient (Wildman–Crippen LogP) is 8.72. The Morgan fingerprint density at radius 3 is 2.22 bits per heavy atom. The minimum absolute atomic E-state index is 0.0395. The molecule has 174 valence electrons. The molecule has 4 rings (SSSR count). The van der Waals surface area contributed by atoms with Gasteiger partial charge in [-0.2, -0.15) is 8.78 Å². The lowest BCUT2D eigenvalue weighted by molar-refractivity contribution is -0.0498. The van der Waals surface area contributed by atoms with Crippen LogP contribution < -0.4 is 4.74 Å². The average Bonchev–Trinajstić information content (AvgIpc) is 2.77. The fraction of sp³-hybridized carbons (Fsp3) is 0.556. The summed E-state index contributed by atoms with van der Waals surface area (Å²) in [7, 11) is 0. The number of ether oxygens (including phenoxy) is 1. The largest absolute Gasteiger partial charge is 0.435 e. The Morgan fingerprint density at radius 2 is 1.56 bits per heavy atom. The van der Waals surface area contributed by atoms with Crippen LogP contribution in [0, 0.1) is 29.4 Å². The molecule has 2 saturated carbocycles. The first kappa shape index (κ1) is 23.1. The van der Waals surface area contributed by atoms with E-state index in [1.165, 1.54) is 74.9 Å². The van der Waals surface area contributed by atoms with Crippen molar-refractivity contribution in [3.8, 4) is 16.9 Å². The van der Waals surface area contributed by atoms with Gasteiger partial charge in [0, 0.05) is 0 Å². The second-order valence-electron chi connectivity index (χ2n) is 9.61. The molecule has 2 fully saturated rings. The molecule has 2 aromatic rings. The Hall–Kier alpha value is -2.04. The number of unbranched alkanes of at least 4 members (excludes halogenated alkanes) is 1. The van der Waals surface area contributed by atoms with Crippen molar-refractivity contribution in [2.45, 2.75) is 77.2 Å². The van der Waals surface area contributed by atoms with Gasteiger partial charge in [-0.1, -0.05) is 44.7 Å². The van der Waals surface area contributed by atoms with Crippen molar-refractivity contribution in [2.75, 3.05) is 0 Å². The van der Waals surface area contributed by atoms with Crippen molar-refractivity contribution in [2.24, 2.45) is 17.8 Å². The van der Waals surface area contributed by atoms with Crippen LogP contribution in [0.5, 0.6) is 5.75 Å². The Balaban J connectivity index is 1.45. The summed E-state index contributed by atoms with van der Waals surface area (Å²) in [5, 5.41) is 0. The molecule has 32 heavy (non-hydrogen) atoms. The molecule has 0 N–H and O–H groups in total. The van der Waals surface area contributed by atoms with E-state index < -0.39 is 18.2 Å². The third kappa shape index (κ3) is 5.29. The van der Waals surface area contributed by atoms with Crippen molar-refractivity contribution in [1.82, 2.24) is 0 Å². The maximum Gasteiger partial charge on any atom is 0.387 e. The number of hydrogen-bond donors (Lipinski definition) is 0. The summed E-state index contributed by atoms with van der Waals surface area (Å²) >= 11 is 0. The third-order valence-corrected chi connectivity index (χ3v) is 7.59. The second-order valence-corrected chi connectivity index (χ2v) is 9.61. The first-order valence-corrected chi connectivity index (χ1v) is 12.0. The highest BCUT2D eigenvalue weighted by Gasteiger charge is 2.36. The van der Waals surface area contributed by atoms with Gasteiger partial charge in [0.15, 0.2) is 0 Å². The van der Waals surface area contributed by atoms with Gasteiger partial charge < -0.3 is 4.74 Å². The highest BCUT2D eigenvalue weighted by Crippen LogP contribution is 2.48. The summed E-state index contributed by atoms with van der Waals surface area (Å²) in [6.07, 6.45) is 10.9. The summed E-state index contributed by atoms with van der Waals surface area (Å²) in [4.78, 5) is 0. The van der Waals surface area contributed by atoms with Crippen LogP contribution in [0.1, 0.15) is 76.2 Å². The monoisotopic (exact) mass is 448 g/mol. The number of benzene rings is 2. The van der Waals surface area contributed by atoms with E-state index >= 15 is 0 Å². The van der Waals surface area contributed by atoms with E-state index in [4.69, 9.17) is 0 Å². The highest BCUT2D eigenvalue weighted by molar-refractivity contribution is 5.66. The van der Waals surface area contributed by atoms with Crippen LogP contribution >= 0.6 is 0 Å². The average molecular weight is 449 g/mol. The highest BCUT2D eigenvalue weighted by atomic mass is 19.3. The molecule has 0 spiro atoms. The third-order valence-electron chi connectivity index (χ3n) is 7.59. The Morgan fingerprint density at radius 1 is 0.906 bits per heavy atom. The minimum atomic E-state index is -2.94.